The minimum Gasteiger partial charge on any atom is -0.485 e. The quantitative estimate of drug-likeness (QED) is 0.261. The molecule has 0 spiro atoms. The van der Waals surface area contributed by atoms with E-state index in [9.17, 15) is 14.9 Å². The topological polar surface area (TPSA) is 119 Å². The molecule has 3 aromatic rings. The van der Waals surface area contributed by atoms with E-state index in [1.54, 1.807) is 30.5 Å². The zero-order valence-electron chi connectivity index (χ0n) is 27.2. The molecule has 9 nitrogen and oxygen atoms in total. The molecule has 0 bridgehead atoms. The van der Waals surface area contributed by atoms with Crippen molar-refractivity contribution >= 4 is 25.6 Å². The van der Waals surface area contributed by atoms with Gasteiger partial charge in [0.1, 0.15) is 24.1 Å². The highest BCUT2D eigenvalue weighted by molar-refractivity contribution is 6.74. The van der Waals surface area contributed by atoms with Gasteiger partial charge < -0.3 is 24.7 Å². The van der Waals surface area contributed by atoms with Gasteiger partial charge in [0, 0.05) is 43.4 Å². The number of hydrogen-bond acceptors (Lipinski definition) is 9. The summed E-state index contributed by atoms with van der Waals surface area (Å²) in [5.74, 6) is 0.710. The van der Waals surface area contributed by atoms with Crippen molar-refractivity contribution in [2.75, 3.05) is 43.9 Å². The second-order valence-corrected chi connectivity index (χ2v) is 18.8. The largest absolute Gasteiger partial charge is 0.485 e. The Hall–Kier alpha value is -4.03. The van der Waals surface area contributed by atoms with E-state index in [0.29, 0.717) is 54.4 Å². The molecule has 2 aliphatic rings. The third-order valence-electron chi connectivity index (χ3n) is 9.39. The van der Waals surface area contributed by atoms with Crippen LogP contribution in [-0.2, 0) is 9.84 Å². The maximum absolute atomic E-state index is 14.8. The molecule has 45 heavy (non-hydrogen) atoms. The Kier molecular flexibility index (Phi) is 8.92. The van der Waals surface area contributed by atoms with E-state index in [0.717, 1.165) is 23.4 Å². The van der Waals surface area contributed by atoms with Gasteiger partial charge in [0.05, 0.1) is 34.3 Å². The molecule has 0 aliphatic carbocycles. The van der Waals surface area contributed by atoms with Crippen LogP contribution < -0.4 is 15.4 Å². The third kappa shape index (κ3) is 6.81. The number of fused-ring (bicyclic) bond motifs is 1. The van der Waals surface area contributed by atoms with Crippen LogP contribution in [0.1, 0.15) is 50.8 Å². The van der Waals surface area contributed by atoms with E-state index in [-0.39, 0.29) is 16.4 Å². The molecule has 1 fully saturated rings. The Bertz CT molecular complexity index is 1660. The number of nitriles is 2. The lowest BCUT2D eigenvalue weighted by atomic mass is 9.83. The summed E-state index contributed by atoms with van der Waals surface area (Å²) in [6.45, 7) is 15.6. The first-order chi connectivity index (χ1) is 21.2. The minimum atomic E-state index is -1.99. The molecule has 0 amide bonds. The fourth-order valence-electron chi connectivity index (χ4n) is 5.44. The third-order valence-corrected chi connectivity index (χ3v) is 13.9. The molecule has 2 N–H and O–H groups in total. The van der Waals surface area contributed by atoms with Gasteiger partial charge in [-0.1, -0.05) is 27.7 Å². The summed E-state index contributed by atoms with van der Waals surface area (Å²) < 4.78 is 27.6. The van der Waals surface area contributed by atoms with Gasteiger partial charge in [-0.2, -0.15) is 10.5 Å². The standard InChI is InChI=1S/C34H42FN7O2Si/c1-33(2,3)45(6,7)43-21-34(4)20-39-31-24(18-37)15-23(16-25(31)34)27-10-12-38-32(40-27)41-28-14-22(17-36)8-9-30(28)44-29-11-13-42(5)19-26(29)35/h8-10,12,14-16,26,29,39H,11,13,19-21H2,1-7H3,(H,38,40,41). The van der Waals surface area contributed by atoms with Crippen molar-refractivity contribution in [1.29, 1.82) is 10.5 Å². The number of benzene rings is 2. The van der Waals surface area contributed by atoms with Crippen LogP contribution in [-0.4, -0.2) is 68.7 Å². The number of likely N-dealkylation sites (tertiary alicyclic amines) is 1. The highest BCUT2D eigenvalue weighted by Gasteiger charge is 2.42. The highest BCUT2D eigenvalue weighted by Crippen LogP contribution is 2.44. The number of halogens is 1. The van der Waals surface area contributed by atoms with E-state index < -0.39 is 20.6 Å². The number of anilines is 3. The molecule has 236 valence electrons. The number of rotatable bonds is 8. The fourth-order valence-corrected chi connectivity index (χ4v) is 6.55. The van der Waals surface area contributed by atoms with Gasteiger partial charge in [-0.05, 0) is 73.6 Å². The predicted octanol–water partition coefficient (Wildman–Crippen LogP) is 6.76. The smallest absolute Gasteiger partial charge is 0.227 e. The molecule has 3 heterocycles. The Morgan fingerprint density at radius 3 is 2.64 bits per heavy atom. The molecule has 5 rings (SSSR count). The number of nitrogens with zero attached hydrogens (tertiary/aromatic N) is 5. The van der Waals surface area contributed by atoms with Gasteiger partial charge >= 0.3 is 0 Å². The summed E-state index contributed by atoms with van der Waals surface area (Å²) in [5, 5.41) is 26.4. The molecule has 3 atom stereocenters. The molecule has 1 aromatic heterocycles. The zero-order valence-corrected chi connectivity index (χ0v) is 28.2. The lowest BCUT2D eigenvalue weighted by Gasteiger charge is -2.39. The first-order valence-electron chi connectivity index (χ1n) is 15.3. The van der Waals surface area contributed by atoms with Crippen molar-refractivity contribution in [2.45, 2.75) is 69.9 Å². The lowest BCUT2D eigenvalue weighted by Crippen LogP contribution is -2.45. The molecular weight excluding hydrogens is 586 g/mol. The highest BCUT2D eigenvalue weighted by atomic mass is 28.4. The molecule has 0 saturated carbocycles. The van der Waals surface area contributed by atoms with Crippen LogP contribution in [0.15, 0.2) is 42.6 Å². The van der Waals surface area contributed by atoms with E-state index in [1.807, 2.05) is 18.0 Å². The van der Waals surface area contributed by atoms with E-state index in [2.05, 4.69) is 74.6 Å². The summed E-state index contributed by atoms with van der Waals surface area (Å²) in [6, 6.07) is 15.2. The van der Waals surface area contributed by atoms with Crippen LogP contribution in [0, 0.1) is 22.7 Å². The normalized spacial score (nSPS) is 21.7. The number of alkyl halides is 1. The van der Waals surface area contributed by atoms with Crippen LogP contribution in [0.4, 0.5) is 21.7 Å². The zero-order chi connectivity index (χ0) is 32.6. The number of hydrogen-bond donors (Lipinski definition) is 2. The van der Waals surface area contributed by atoms with Crippen LogP contribution >= 0.6 is 0 Å². The average molecular weight is 628 g/mol. The van der Waals surface area contributed by atoms with Gasteiger partial charge in [0.2, 0.25) is 5.95 Å². The van der Waals surface area contributed by atoms with Gasteiger partial charge in [-0.25, -0.2) is 14.4 Å². The van der Waals surface area contributed by atoms with Gasteiger partial charge in [0.15, 0.2) is 8.32 Å². The maximum atomic E-state index is 14.8. The second kappa shape index (κ2) is 12.4. The molecule has 0 radical (unpaired) electrons. The number of nitrogens with one attached hydrogen (secondary N) is 2. The van der Waals surface area contributed by atoms with Crippen molar-refractivity contribution in [2.24, 2.45) is 0 Å². The monoisotopic (exact) mass is 627 g/mol. The fraction of sp³-hybridized carbons (Fsp3) is 0.471. The summed E-state index contributed by atoms with van der Waals surface area (Å²) in [5.41, 5.74) is 4.39. The number of piperidine rings is 1. The summed E-state index contributed by atoms with van der Waals surface area (Å²) >= 11 is 0. The molecule has 3 unspecified atom stereocenters. The van der Waals surface area contributed by atoms with E-state index in [4.69, 9.17) is 14.1 Å². The van der Waals surface area contributed by atoms with Gasteiger partial charge in [-0.15, -0.1) is 0 Å². The van der Waals surface area contributed by atoms with Gasteiger partial charge in [0.25, 0.3) is 0 Å². The first-order valence-corrected chi connectivity index (χ1v) is 18.2. The Balaban J connectivity index is 1.44. The van der Waals surface area contributed by atoms with E-state index >= 15 is 0 Å². The minimum absolute atomic E-state index is 0.0839. The Morgan fingerprint density at radius 1 is 1.18 bits per heavy atom. The molecule has 2 aliphatic heterocycles. The lowest BCUT2D eigenvalue weighted by molar-refractivity contribution is 0.0318. The summed E-state index contributed by atoms with van der Waals surface area (Å²) in [6.07, 6.45) is 0.470. The SMILES string of the molecule is CN1CCC(Oc2ccc(C#N)cc2Nc2nccc(-c3cc(C#N)c4c(c3)C(C)(CO[Si](C)(C)C(C)(C)C)CN4)n2)C(F)C1. The molecule has 11 heteroatoms. The van der Waals surface area contributed by atoms with Crippen LogP contribution in [0.3, 0.4) is 0 Å². The second-order valence-electron chi connectivity index (χ2n) is 14.0. The average Bonchev–Trinajstić information content (AvgIpc) is 3.34. The maximum Gasteiger partial charge on any atom is 0.227 e. The van der Waals surface area contributed by atoms with Crippen LogP contribution in [0.2, 0.25) is 18.1 Å². The molecular formula is C34H42FN7O2Si. The molecule has 1 saturated heterocycles. The van der Waals surface area contributed by atoms with Crippen molar-refractivity contribution < 1.29 is 13.6 Å². The number of aromatic nitrogens is 2. The Morgan fingerprint density at radius 2 is 1.96 bits per heavy atom. The first kappa shape index (κ1) is 32.4. The van der Waals surface area contributed by atoms with Crippen LogP contribution in [0.25, 0.3) is 11.3 Å². The van der Waals surface area contributed by atoms with Crippen molar-refractivity contribution in [3.63, 3.8) is 0 Å². The van der Waals surface area contributed by atoms with Crippen LogP contribution in [0.5, 0.6) is 5.75 Å². The Labute approximate surface area is 266 Å². The van der Waals surface area contributed by atoms with E-state index in [1.165, 1.54) is 0 Å². The summed E-state index contributed by atoms with van der Waals surface area (Å²) in [4.78, 5) is 11.1. The molecule has 2 aromatic carbocycles. The van der Waals surface area contributed by atoms with Crippen molar-refractivity contribution in [1.82, 2.24) is 14.9 Å². The van der Waals surface area contributed by atoms with Crippen molar-refractivity contribution in [3.8, 4) is 29.1 Å². The van der Waals surface area contributed by atoms with Crippen molar-refractivity contribution in [3.05, 3.63) is 59.3 Å². The predicted molar refractivity (Wildman–Crippen MR) is 177 cm³/mol. The summed E-state index contributed by atoms with van der Waals surface area (Å²) in [7, 11) is -0.101. The van der Waals surface area contributed by atoms with Gasteiger partial charge in [-0.3, -0.25) is 0 Å². The number of ether oxygens (including phenoxy) is 1.